The highest BCUT2D eigenvalue weighted by molar-refractivity contribution is 7.87. The second-order valence-corrected chi connectivity index (χ2v) is 6.29. The Hall–Kier alpha value is -2.12. The summed E-state index contributed by atoms with van der Waals surface area (Å²) in [6.07, 6.45) is -4.58. The summed E-state index contributed by atoms with van der Waals surface area (Å²) in [5.41, 5.74) is -1.27. The van der Waals surface area contributed by atoms with E-state index < -0.39 is 27.8 Å². The lowest BCUT2D eigenvalue weighted by molar-refractivity contribution is -0.137. The average molecular weight is 318 g/mol. The van der Waals surface area contributed by atoms with Crippen LogP contribution >= 0.6 is 0 Å². The van der Waals surface area contributed by atoms with E-state index in [9.17, 15) is 21.6 Å². The third-order valence-electron chi connectivity index (χ3n) is 2.73. The van der Waals surface area contributed by atoms with Gasteiger partial charge in [0.2, 0.25) is 5.82 Å². The summed E-state index contributed by atoms with van der Waals surface area (Å²) in [6.45, 7) is 0. The minimum Gasteiger partial charge on any atom is -0.218 e. The molecule has 0 N–H and O–H groups in total. The number of fused-ring (bicyclic) bond motifs is 1. The van der Waals surface area contributed by atoms with Crippen molar-refractivity contribution < 1.29 is 21.6 Å². The number of alkyl halides is 3. The fraction of sp³-hybridized carbons (Fsp3) is 0.273. The molecule has 112 valence electrons. The minimum atomic E-state index is -4.58. The van der Waals surface area contributed by atoms with E-state index in [-0.39, 0.29) is 11.0 Å². The Morgan fingerprint density at radius 3 is 2.43 bits per heavy atom. The number of rotatable bonds is 2. The SMILES string of the molecule is CN(C)S(=O)(=O)n1c(C#N)nc2cc(C(F)(F)F)ccc21. The highest BCUT2D eigenvalue weighted by Crippen LogP contribution is 2.31. The number of nitrogens with zero attached hydrogens (tertiary/aromatic N) is 4. The molecule has 1 aromatic carbocycles. The number of aromatic nitrogens is 2. The summed E-state index contributed by atoms with van der Waals surface area (Å²) in [5.74, 6) is -0.502. The first kappa shape index (κ1) is 15.3. The highest BCUT2D eigenvalue weighted by Gasteiger charge is 2.32. The Morgan fingerprint density at radius 1 is 1.33 bits per heavy atom. The van der Waals surface area contributed by atoms with E-state index in [1.54, 1.807) is 6.07 Å². The first-order chi connectivity index (χ1) is 9.59. The van der Waals surface area contributed by atoms with Gasteiger partial charge in [0.1, 0.15) is 6.07 Å². The Balaban J connectivity index is 2.83. The van der Waals surface area contributed by atoms with Crippen LogP contribution in [0.25, 0.3) is 11.0 Å². The van der Waals surface area contributed by atoms with Crippen molar-refractivity contribution in [1.29, 1.82) is 5.26 Å². The van der Waals surface area contributed by atoms with Gasteiger partial charge in [-0.15, -0.1) is 0 Å². The van der Waals surface area contributed by atoms with E-state index in [4.69, 9.17) is 5.26 Å². The average Bonchev–Trinajstić information content (AvgIpc) is 2.75. The third-order valence-corrected chi connectivity index (χ3v) is 4.49. The maximum Gasteiger partial charge on any atom is 0.416 e. The molecule has 1 aromatic heterocycles. The van der Waals surface area contributed by atoms with E-state index in [1.165, 1.54) is 14.1 Å². The van der Waals surface area contributed by atoms with E-state index >= 15 is 0 Å². The Bertz CT molecular complexity index is 847. The zero-order chi connectivity index (χ0) is 16.0. The third kappa shape index (κ3) is 2.45. The lowest BCUT2D eigenvalue weighted by Crippen LogP contribution is -2.29. The molecule has 1 heterocycles. The summed E-state index contributed by atoms with van der Waals surface area (Å²) < 4.78 is 63.7. The van der Waals surface area contributed by atoms with Crippen LogP contribution in [0.5, 0.6) is 0 Å². The Labute approximate surface area is 118 Å². The maximum absolute atomic E-state index is 12.6. The van der Waals surface area contributed by atoms with Gasteiger partial charge in [-0.1, -0.05) is 0 Å². The fourth-order valence-corrected chi connectivity index (χ4v) is 2.73. The van der Waals surface area contributed by atoms with Crippen molar-refractivity contribution in [3.8, 4) is 6.07 Å². The van der Waals surface area contributed by atoms with Gasteiger partial charge in [-0.05, 0) is 18.2 Å². The van der Waals surface area contributed by atoms with Crippen molar-refractivity contribution in [2.45, 2.75) is 6.18 Å². The van der Waals surface area contributed by atoms with Gasteiger partial charge in [0.25, 0.3) is 0 Å². The molecule has 0 bridgehead atoms. The van der Waals surface area contributed by atoms with E-state index in [0.29, 0.717) is 10.0 Å². The normalized spacial score (nSPS) is 12.8. The molecule has 0 radical (unpaired) electrons. The molecule has 0 atom stereocenters. The van der Waals surface area contributed by atoms with Crippen LogP contribution in [0.2, 0.25) is 0 Å². The van der Waals surface area contributed by atoms with E-state index in [1.807, 2.05) is 0 Å². The largest absolute Gasteiger partial charge is 0.416 e. The molecule has 0 aliphatic heterocycles. The lowest BCUT2D eigenvalue weighted by atomic mass is 10.2. The van der Waals surface area contributed by atoms with Crippen LogP contribution in [0.1, 0.15) is 11.4 Å². The monoisotopic (exact) mass is 318 g/mol. The van der Waals surface area contributed by atoms with Gasteiger partial charge in [0.15, 0.2) is 0 Å². The van der Waals surface area contributed by atoms with Gasteiger partial charge in [0, 0.05) is 14.1 Å². The van der Waals surface area contributed by atoms with Gasteiger partial charge in [-0.3, -0.25) is 0 Å². The van der Waals surface area contributed by atoms with E-state index in [2.05, 4.69) is 4.98 Å². The molecular weight excluding hydrogens is 309 g/mol. The lowest BCUT2D eigenvalue weighted by Gasteiger charge is -2.13. The number of imidazole rings is 1. The van der Waals surface area contributed by atoms with Gasteiger partial charge in [0.05, 0.1) is 16.6 Å². The van der Waals surface area contributed by atoms with Gasteiger partial charge in [-0.2, -0.15) is 35.1 Å². The van der Waals surface area contributed by atoms with E-state index in [0.717, 1.165) is 16.4 Å². The molecule has 6 nitrogen and oxygen atoms in total. The highest BCUT2D eigenvalue weighted by atomic mass is 32.2. The standard InChI is InChI=1S/C11H9F3N4O2S/c1-17(2)21(19,20)18-9-4-3-7(11(12,13)14)5-8(9)16-10(18)6-15/h3-5H,1-2H3. The van der Waals surface area contributed by atoms with Crippen LogP contribution in [-0.4, -0.2) is 35.8 Å². The quantitative estimate of drug-likeness (QED) is 0.842. The van der Waals surface area contributed by atoms with Crippen LogP contribution in [0.3, 0.4) is 0 Å². The number of halogens is 3. The molecule has 2 rings (SSSR count). The fourth-order valence-electron chi connectivity index (χ4n) is 1.70. The van der Waals surface area contributed by atoms with Gasteiger partial charge < -0.3 is 0 Å². The van der Waals surface area contributed by atoms with Crippen LogP contribution in [0.4, 0.5) is 13.2 Å². The van der Waals surface area contributed by atoms with Crippen molar-refractivity contribution in [3.05, 3.63) is 29.6 Å². The predicted octanol–water partition coefficient (Wildman–Crippen LogP) is 1.58. The molecule has 2 aromatic rings. The molecule has 0 saturated carbocycles. The minimum absolute atomic E-state index is 0.0896. The molecule has 0 amide bonds. The number of benzene rings is 1. The van der Waals surface area contributed by atoms with Gasteiger partial charge in [-0.25, -0.2) is 4.98 Å². The van der Waals surface area contributed by atoms with Crippen molar-refractivity contribution in [2.24, 2.45) is 0 Å². The molecule has 0 spiro atoms. The Morgan fingerprint density at radius 2 is 1.95 bits per heavy atom. The first-order valence-corrected chi connectivity index (χ1v) is 6.91. The summed E-state index contributed by atoms with van der Waals surface area (Å²) in [4.78, 5) is 3.65. The Kier molecular flexibility index (Phi) is 3.43. The zero-order valence-electron chi connectivity index (χ0n) is 10.9. The van der Waals surface area contributed by atoms with Crippen molar-refractivity contribution >= 4 is 21.2 Å². The van der Waals surface area contributed by atoms with Crippen molar-refractivity contribution in [3.63, 3.8) is 0 Å². The summed E-state index contributed by atoms with van der Waals surface area (Å²) in [6, 6.07) is 4.00. The maximum atomic E-state index is 12.6. The second-order valence-electron chi connectivity index (χ2n) is 4.30. The van der Waals surface area contributed by atoms with Crippen LogP contribution in [0.15, 0.2) is 18.2 Å². The van der Waals surface area contributed by atoms with Crippen LogP contribution in [0, 0.1) is 11.3 Å². The topological polar surface area (TPSA) is 79.0 Å². The summed E-state index contributed by atoms with van der Waals surface area (Å²) in [5, 5.41) is 8.96. The second kappa shape index (κ2) is 4.71. The number of hydrogen-bond donors (Lipinski definition) is 0. The van der Waals surface area contributed by atoms with Crippen LogP contribution < -0.4 is 0 Å². The first-order valence-electron chi connectivity index (χ1n) is 5.52. The smallest absolute Gasteiger partial charge is 0.218 e. The van der Waals surface area contributed by atoms with Crippen LogP contribution in [-0.2, 0) is 16.4 Å². The van der Waals surface area contributed by atoms with Gasteiger partial charge >= 0.3 is 16.4 Å². The zero-order valence-corrected chi connectivity index (χ0v) is 11.7. The molecular formula is C11H9F3N4O2S. The molecule has 0 fully saturated rings. The molecule has 0 saturated heterocycles. The molecule has 0 aliphatic carbocycles. The molecule has 0 aliphatic rings. The summed E-state index contributed by atoms with van der Waals surface area (Å²) >= 11 is 0. The molecule has 0 unspecified atom stereocenters. The van der Waals surface area contributed by atoms with Crippen molar-refractivity contribution in [2.75, 3.05) is 14.1 Å². The molecule has 10 heteroatoms. The number of nitriles is 1. The number of hydrogen-bond acceptors (Lipinski definition) is 4. The summed E-state index contributed by atoms with van der Waals surface area (Å²) in [7, 11) is -1.58. The molecule has 21 heavy (non-hydrogen) atoms. The van der Waals surface area contributed by atoms with Crippen molar-refractivity contribution in [1.82, 2.24) is 13.3 Å². The predicted molar refractivity (Wildman–Crippen MR) is 67.5 cm³/mol.